The summed E-state index contributed by atoms with van der Waals surface area (Å²) in [5.74, 6) is -1.05. The van der Waals surface area contributed by atoms with Crippen LogP contribution in [-0.2, 0) is 9.53 Å². The van der Waals surface area contributed by atoms with E-state index in [0.717, 1.165) is 0 Å². The van der Waals surface area contributed by atoms with E-state index >= 15 is 0 Å². The van der Waals surface area contributed by atoms with Gasteiger partial charge in [-0.1, -0.05) is 12.1 Å². The number of rotatable bonds is 3. The zero-order chi connectivity index (χ0) is 13.2. The number of ether oxygens (including phenoxy) is 1. The van der Waals surface area contributed by atoms with Gasteiger partial charge in [-0.3, -0.25) is 4.79 Å². The van der Waals surface area contributed by atoms with Crippen LogP contribution in [0.3, 0.4) is 0 Å². The first-order valence-corrected chi connectivity index (χ1v) is 5.17. The van der Waals surface area contributed by atoms with Crippen molar-refractivity contribution < 1.29 is 19.7 Å². The van der Waals surface area contributed by atoms with Crippen LogP contribution in [0.2, 0.25) is 0 Å². The van der Waals surface area contributed by atoms with Gasteiger partial charge in [-0.2, -0.15) is 0 Å². The Labute approximate surface area is 112 Å². The Hall–Kier alpha value is -1.46. The third-order valence-electron chi connectivity index (χ3n) is 2.87. The number of aromatic hydroxyl groups is 2. The van der Waals surface area contributed by atoms with Crippen molar-refractivity contribution in [1.29, 1.82) is 0 Å². The molecule has 18 heavy (non-hydrogen) atoms. The molecule has 0 aliphatic heterocycles. The average Bonchev–Trinajstić information content (AvgIpc) is 2.30. The van der Waals surface area contributed by atoms with E-state index in [9.17, 15) is 15.0 Å². The minimum Gasteiger partial charge on any atom is -0.504 e. The first-order valence-electron chi connectivity index (χ1n) is 5.17. The standard InChI is InChI=1S/C12H17NO4.ClH/c1-12(2,11(16)17-3)10(13)7-5-4-6-8(14)9(7)15;/h4-6,10,14-15H,13H2,1-3H3;1H/t10-;/m0./s1. The number of hydrogen-bond acceptors (Lipinski definition) is 5. The summed E-state index contributed by atoms with van der Waals surface area (Å²) in [7, 11) is 1.28. The van der Waals surface area contributed by atoms with Crippen LogP contribution in [0.1, 0.15) is 25.5 Å². The average molecular weight is 276 g/mol. The predicted octanol–water partition coefficient (Wildman–Crippen LogP) is 1.72. The fourth-order valence-corrected chi connectivity index (χ4v) is 1.58. The fraction of sp³-hybridized carbons (Fsp3) is 0.417. The van der Waals surface area contributed by atoms with Gasteiger partial charge in [0, 0.05) is 11.6 Å². The number of carbonyl (C=O) groups excluding carboxylic acids is 1. The van der Waals surface area contributed by atoms with E-state index in [0.29, 0.717) is 5.56 Å². The molecule has 102 valence electrons. The second kappa shape index (κ2) is 5.93. The fourth-order valence-electron chi connectivity index (χ4n) is 1.58. The van der Waals surface area contributed by atoms with Gasteiger partial charge in [0.15, 0.2) is 11.5 Å². The van der Waals surface area contributed by atoms with Gasteiger partial charge >= 0.3 is 5.97 Å². The van der Waals surface area contributed by atoms with Crippen LogP contribution in [0, 0.1) is 5.41 Å². The molecule has 0 spiro atoms. The Balaban J connectivity index is 0.00000289. The first-order chi connectivity index (χ1) is 7.82. The van der Waals surface area contributed by atoms with Crippen molar-refractivity contribution in [3.05, 3.63) is 23.8 Å². The lowest BCUT2D eigenvalue weighted by atomic mass is 9.80. The summed E-state index contributed by atoms with van der Waals surface area (Å²) in [4.78, 5) is 11.6. The highest BCUT2D eigenvalue weighted by molar-refractivity contribution is 5.85. The predicted molar refractivity (Wildman–Crippen MR) is 69.7 cm³/mol. The topological polar surface area (TPSA) is 92.8 Å². The number of esters is 1. The summed E-state index contributed by atoms with van der Waals surface area (Å²) >= 11 is 0. The first kappa shape index (κ1) is 16.5. The molecule has 4 N–H and O–H groups in total. The van der Waals surface area contributed by atoms with E-state index in [-0.39, 0.29) is 23.9 Å². The van der Waals surface area contributed by atoms with Gasteiger partial charge < -0.3 is 20.7 Å². The molecule has 0 saturated carbocycles. The maximum Gasteiger partial charge on any atom is 0.313 e. The molecule has 1 rings (SSSR count). The van der Waals surface area contributed by atoms with Crippen molar-refractivity contribution >= 4 is 18.4 Å². The van der Waals surface area contributed by atoms with E-state index in [1.165, 1.54) is 13.2 Å². The number of benzene rings is 1. The second-order valence-corrected chi connectivity index (χ2v) is 4.41. The number of phenolic OH excluding ortho intramolecular Hbond substituents is 2. The third-order valence-corrected chi connectivity index (χ3v) is 2.87. The molecule has 1 aromatic carbocycles. The molecule has 0 aliphatic carbocycles. The van der Waals surface area contributed by atoms with Crippen molar-refractivity contribution in [1.82, 2.24) is 0 Å². The molecule has 0 fully saturated rings. The summed E-state index contributed by atoms with van der Waals surface area (Å²) < 4.78 is 4.66. The zero-order valence-electron chi connectivity index (χ0n) is 10.5. The van der Waals surface area contributed by atoms with Crippen LogP contribution >= 0.6 is 12.4 Å². The quantitative estimate of drug-likeness (QED) is 0.577. The van der Waals surface area contributed by atoms with Gasteiger partial charge in [0.2, 0.25) is 0 Å². The molecule has 0 heterocycles. The van der Waals surface area contributed by atoms with E-state index in [1.807, 2.05) is 0 Å². The number of phenols is 2. The van der Waals surface area contributed by atoms with E-state index in [4.69, 9.17) is 5.73 Å². The van der Waals surface area contributed by atoms with Gasteiger partial charge in [0.25, 0.3) is 0 Å². The van der Waals surface area contributed by atoms with Crippen molar-refractivity contribution in [2.24, 2.45) is 11.1 Å². The van der Waals surface area contributed by atoms with Crippen LogP contribution in [0.4, 0.5) is 0 Å². The van der Waals surface area contributed by atoms with Gasteiger partial charge in [-0.05, 0) is 19.9 Å². The molecule has 1 atom stereocenters. The molecule has 0 radical (unpaired) electrons. The van der Waals surface area contributed by atoms with Crippen molar-refractivity contribution in [3.8, 4) is 11.5 Å². The third kappa shape index (κ3) is 2.86. The molecule has 0 aliphatic rings. The van der Waals surface area contributed by atoms with E-state index in [2.05, 4.69) is 4.74 Å². The van der Waals surface area contributed by atoms with Crippen molar-refractivity contribution in [2.75, 3.05) is 7.11 Å². The molecular weight excluding hydrogens is 258 g/mol. The number of para-hydroxylation sites is 1. The second-order valence-electron chi connectivity index (χ2n) is 4.41. The Morgan fingerprint density at radius 3 is 2.44 bits per heavy atom. The van der Waals surface area contributed by atoms with Crippen LogP contribution < -0.4 is 5.73 Å². The summed E-state index contributed by atoms with van der Waals surface area (Å²) in [5, 5.41) is 19.1. The monoisotopic (exact) mass is 275 g/mol. The highest BCUT2D eigenvalue weighted by atomic mass is 35.5. The number of halogens is 1. The highest BCUT2D eigenvalue weighted by Crippen LogP contribution is 2.39. The highest BCUT2D eigenvalue weighted by Gasteiger charge is 2.38. The number of hydrogen-bond donors (Lipinski definition) is 3. The lowest BCUT2D eigenvalue weighted by Crippen LogP contribution is -2.37. The maximum absolute atomic E-state index is 11.6. The van der Waals surface area contributed by atoms with Gasteiger partial charge in [-0.25, -0.2) is 0 Å². The van der Waals surface area contributed by atoms with Gasteiger partial charge in [0.1, 0.15) is 0 Å². The molecule has 0 saturated heterocycles. The largest absolute Gasteiger partial charge is 0.504 e. The molecule has 6 heteroatoms. The number of carbonyl (C=O) groups is 1. The van der Waals surface area contributed by atoms with Crippen LogP contribution in [0.5, 0.6) is 11.5 Å². The molecular formula is C12H18ClNO4. The molecule has 0 amide bonds. The van der Waals surface area contributed by atoms with Crippen LogP contribution in [0.15, 0.2) is 18.2 Å². The van der Waals surface area contributed by atoms with Crippen LogP contribution in [0.25, 0.3) is 0 Å². The van der Waals surface area contributed by atoms with Gasteiger partial charge in [-0.15, -0.1) is 12.4 Å². The molecule has 0 aromatic heterocycles. The summed E-state index contributed by atoms with van der Waals surface area (Å²) in [6.07, 6.45) is 0. The van der Waals surface area contributed by atoms with E-state index < -0.39 is 17.4 Å². The van der Waals surface area contributed by atoms with Gasteiger partial charge in [0.05, 0.1) is 12.5 Å². The molecule has 5 nitrogen and oxygen atoms in total. The zero-order valence-corrected chi connectivity index (χ0v) is 11.3. The lowest BCUT2D eigenvalue weighted by Gasteiger charge is -2.29. The minimum absolute atomic E-state index is 0. The van der Waals surface area contributed by atoms with Crippen LogP contribution in [-0.4, -0.2) is 23.3 Å². The molecule has 0 unspecified atom stereocenters. The maximum atomic E-state index is 11.6. The minimum atomic E-state index is -1.000. The molecule has 0 bridgehead atoms. The number of methoxy groups -OCH3 is 1. The number of nitrogens with two attached hydrogens (primary N) is 1. The smallest absolute Gasteiger partial charge is 0.313 e. The Kier molecular flexibility index (Phi) is 5.45. The summed E-state index contributed by atoms with van der Waals surface area (Å²) in [6, 6.07) is 3.68. The van der Waals surface area contributed by atoms with E-state index in [1.54, 1.807) is 26.0 Å². The van der Waals surface area contributed by atoms with Crippen molar-refractivity contribution in [3.63, 3.8) is 0 Å². The lowest BCUT2D eigenvalue weighted by molar-refractivity contribution is -0.152. The van der Waals surface area contributed by atoms with Crippen molar-refractivity contribution in [2.45, 2.75) is 19.9 Å². The Morgan fingerprint density at radius 2 is 1.94 bits per heavy atom. The Bertz CT molecular complexity index is 434. The molecule has 1 aromatic rings. The summed E-state index contributed by atoms with van der Waals surface area (Å²) in [6.45, 7) is 3.24. The SMILES string of the molecule is COC(=O)C(C)(C)[C@@H](N)c1cccc(O)c1O.Cl. The summed E-state index contributed by atoms with van der Waals surface area (Å²) in [5.41, 5.74) is 5.25. The Morgan fingerprint density at radius 1 is 1.39 bits per heavy atom. The normalized spacial score (nSPS) is 12.4.